The Balaban J connectivity index is 1.84. The van der Waals surface area contributed by atoms with E-state index in [1.54, 1.807) is 0 Å². The van der Waals surface area contributed by atoms with E-state index < -0.39 is 27.7 Å². The lowest BCUT2D eigenvalue weighted by Gasteiger charge is -2.12. The normalized spacial score (nSPS) is 10.9. The van der Waals surface area contributed by atoms with Gasteiger partial charge in [-0.1, -0.05) is 24.3 Å². The molecule has 0 bridgehead atoms. The molecule has 3 rings (SSSR count). The van der Waals surface area contributed by atoms with Gasteiger partial charge in [0.1, 0.15) is 5.82 Å². The molecule has 0 fully saturated rings. The first-order valence-electron chi connectivity index (χ1n) is 8.26. The van der Waals surface area contributed by atoms with Crippen LogP contribution in [0, 0.1) is 5.82 Å². The third kappa shape index (κ3) is 4.77. The van der Waals surface area contributed by atoms with E-state index in [1.807, 2.05) is 0 Å². The van der Waals surface area contributed by atoms with Gasteiger partial charge < -0.3 is 15.2 Å². The molecule has 1 amide bonds. The number of hydrogen-bond donors (Lipinski definition) is 2. The van der Waals surface area contributed by atoms with Crippen molar-refractivity contribution in [3.63, 3.8) is 0 Å². The minimum atomic E-state index is -4.03. The van der Waals surface area contributed by atoms with Gasteiger partial charge in [-0.15, -0.1) is 0 Å². The fourth-order valence-corrected chi connectivity index (χ4v) is 3.61. The zero-order chi connectivity index (χ0) is 21.0. The smallest absolute Gasteiger partial charge is 0.261 e. The molecular formula is C20H14FN2O5S-. The van der Waals surface area contributed by atoms with Gasteiger partial charge in [-0.25, -0.2) is 12.8 Å². The molecule has 0 aliphatic heterocycles. The number of halogens is 1. The first-order valence-corrected chi connectivity index (χ1v) is 9.75. The third-order valence-electron chi connectivity index (χ3n) is 3.90. The van der Waals surface area contributed by atoms with E-state index in [2.05, 4.69) is 10.0 Å². The molecule has 0 heterocycles. The maximum atomic E-state index is 13.0. The second-order valence-electron chi connectivity index (χ2n) is 5.93. The lowest BCUT2D eigenvalue weighted by molar-refractivity contribution is -0.254. The molecule has 29 heavy (non-hydrogen) atoms. The van der Waals surface area contributed by atoms with Gasteiger partial charge in [0.05, 0.1) is 16.6 Å². The number of carboxylic acid groups (broad SMARTS) is 1. The number of carboxylic acids is 1. The zero-order valence-electron chi connectivity index (χ0n) is 14.8. The second-order valence-corrected chi connectivity index (χ2v) is 7.61. The number of aromatic carboxylic acids is 1. The first kappa shape index (κ1) is 20.0. The molecule has 0 radical (unpaired) electrons. The van der Waals surface area contributed by atoms with Crippen molar-refractivity contribution in [3.8, 4) is 0 Å². The van der Waals surface area contributed by atoms with E-state index in [1.165, 1.54) is 54.6 Å². The summed E-state index contributed by atoms with van der Waals surface area (Å²) < 4.78 is 40.3. The van der Waals surface area contributed by atoms with E-state index in [9.17, 15) is 27.5 Å². The van der Waals surface area contributed by atoms with Gasteiger partial charge in [0.25, 0.3) is 15.9 Å². The van der Waals surface area contributed by atoms with Crippen molar-refractivity contribution in [3.05, 3.63) is 89.7 Å². The summed E-state index contributed by atoms with van der Waals surface area (Å²) in [4.78, 5) is 23.4. The third-order valence-corrected chi connectivity index (χ3v) is 5.28. The molecular weight excluding hydrogens is 399 g/mol. The van der Waals surface area contributed by atoms with E-state index in [0.717, 1.165) is 18.2 Å². The predicted molar refractivity (Wildman–Crippen MR) is 102 cm³/mol. The number of hydrogen-bond acceptors (Lipinski definition) is 5. The van der Waals surface area contributed by atoms with Crippen LogP contribution in [0.25, 0.3) is 0 Å². The quantitative estimate of drug-likeness (QED) is 0.643. The van der Waals surface area contributed by atoms with Crippen molar-refractivity contribution in [2.24, 2.45) is 0 Å². The van der Waals surface area contributed by atoms with Crippen LogP contribution >= 0.6 is 0 Å². The molecule has 3 aromatic rings. The number of benzene rings is 3. The molecule has 7 nitrogen and oxygen atoms in total. The fraction of sp³-hybridized carbons (Fsp3) is 0. The van der Waals surface area contributed by atoms with Crippen LogP contribution in [0.1, 0.15) is 20.7 Å². The summed E-state index contributed by atoms with van der Waals surface area (Å²) in [6.07, 6.45) is 0. The minimum Gasteiger partial charge on any atom is -0.545 e. The van der Waals surface area contributed by atoms with Gasteiger partial charge >= 0.3 is 0 Å². The standard InChI is InChI=1S/C20H15FN2O5S/c21-14-8-10-15(11-9-14)23-29(27,28)16-5-3-4-13(12-16)19(24)22-18-7-2-1-6-17(18)20(25)26/h1-12,23H,(H,22,24)(H,25,26)/p-1. The van der Waals surface area contributed by atoms with Crippen molar-refractivity contribution < 1.29 is 27.5 Å². The molecule has 0 aliphatic rings. The van der Waals surface area contributed by atoms with Crippen LogP contribution in [0.5, 0.6) is 0 Å². The number of carbonyl (C=O) groups excluding carboxylic acids is 2. The maximum absolute atomic E-state index is 13.0. The number of amides is 1. The number of rotatable bonds is 6. The Bertz CT molecular complexity index is 1180. The Labute approximate surface area is 165 Å². The van der Waals surface area contributed by atoms with Gasteiger partial charge in [-0.2, -0.15) is 0 Å². The summed E-state index contributed by atoms with van der Waals surface area (Å²) in [5, 5.41) is 13.6. The number of anilines is 2. The molecule has 0 aliphatic carbocycles. The summed E-state index contributed by atoms with van der Waals surface area (Å²) in [6.45, 7) is 0. The molecule has 0 unspecified atom stereocenters. The van der Waals surface area contributed by atoms with Gasteiger partial charge in [0.2, 0.25) is 0 Å². The Morgan fingerprint density at radius 2 is 1.59 bits per heavy atom. The Morgan fingerprint density at radius 1 is 0.897 bits per heavy atom. The molecule has 3 aromatic carbocycles. The lowest BCUT2D eigenvalue weighted by Crippen LogP contribution is -2.24. The van der Waals surface area contributed by atoms with Crippen molar-refractivity contribution >= 4 is 33.3 Å². The van der Waals surface area contributed by atoms with Gasteiger partial charge in [-0.05, 0) is 48.5 Å². The van der Waals surface area contributed by atoms with Crippen LogP contribution in [0.15, 0.2) is 77.7 Å². The summed E-state index contributed by atoms with van der Waals surface area (Å²) >= 11 is 0. The van der Waals surface area contributed by atoms with Crippen molar-refractivity contribution in [2.75, 3.05) is 10.0 Å². The fourth-order valence-electron chi connectivity index (χ4n) is 2.50. The average molecular weight is 413 g/mol. The summed E-state index contributed by atoms with van der Waals surface area (Å²) in [5.74, 6) is -2.67. The molecule has 0 aromatic heterocycles. The summed E-state index contributed by atoms with van der Waals surface area (Å²) in [5.41, 5.74) is -0.0259. The van der Waals surface area contributed by atoms with Gasteiger partial charge in [0, 0.05) is 16.8 Å². The van der Waals surface area contributed by atoms with Crippen LogP contribution in [0.4, 0.5) is 15.8 Å². The van der Waals surface area contributed by atoms with Gasteiger partial charge in [-0.3, -0.25) is 9.52 Å². The van der Waals surface area contributed by atoms with Crippen molar-refractivity contribution in [1.29, 1.82) is 0 Å². The molecule has 0 saturated heterocycles. The molecule has 0 atom stereocenters. The number of nitrogens with one attached hydrogen (secondary N) is 2. The molecule has 0 saturated carbocycles. The predicted octanol–water partition coefficient (Wildman–Crippen LogP) is 2.24. The lowest BCUT2D eigenvalue weighted by atomic mass is 10.1. The van der Waals surface area contributed by atoms with Crippen LogP contribution in [0.3, 0.4) is 0 Å². The highest BCUT2D eigenvalue weighted by Crippen LogP contribution is 2.19. The average Bonchev–Trinajstić information content (AvgIpc) is 2.70. The van der Waals surface area contributed by atoms with Crippen molar-refractivity contribution in [1.82, 2.24) is 0 Å². The number of para-hydroxylation sites is 1. The van der Waals surface area contributed by atoms with Crippen molar-refractivity contribution in [2.45, 2.75) is 4.90 Å². The van der Waals surface area contributed by atoms with E-state index in [-0.39, 0.29) is 27.4 Å². The van der Waals surface area contributed by atoms with Crippen LogP contribution in [-0.2, 0) is 10.0 Å². The maximum Gasteiger partial charge on any atom is 0.261 e. The summed E-state index contributed by atoms with van der Waals surface area (Å²) in [7, 11) is -4.03. The molecule has 2 N–H and O–H groups in total. The largest absolute Gasteiger partial charge is 0.545 e. The molecule has 148 valence electrons. The van der Waals surface area contributed by atoms with E-state index in [4.69, 9.17) is 0 Å². The van der Waals surface area contributed by atoms with Gasteiger partial charge in [0.15, 0.2) is 0 Å². The molecule has 9 heteroatoms. The Hall–Kier alpha value is -3.72. The monoisotopic (exact) mass is 413 g/mol. The van der Waals surface area contributed by atoms with E-state index in [0.29, 0.717) is 0 Å². The van der Waals surface area contributed by atoms with Crippen LogP contribution < -0.4 is 15.1 Å². The van der Waals surface area contributed by atoms with E-state index >= 15 is 0 Å². The zero-order valence-corrected chi connectivity index (χ0v) is 15.6. The Kier molecular flexibility index (Phi) is 5.60. The highest BCUT2D eigenvalue weighted by Gasteiger charge is 2.17. The number of sulfonamides is 1. The Morgan fingerprint density at radius 3 is 2.28 bits per heavy atom. The summed E-state index contributed by atoms with van der Waals surface area (Å²) in [6, 6.07) is 15.6. The van der Waals surface area contributed by atoms with Crippen LogP contribution in [0.2, 0.25) is 0 Å². The first-order chi connectivity index (χ1) is 13.8. The highest BCUT2D eigenvalue weighted by molar-refractivity contribution is 7.92. The highest BCUT2D eigenvalue weighted by atomic mass is 32.2. The SMILES string of the molecule is O=C(Nc1ccccc1C(=O)[O-])c1cccc(S(=O)(=O)Nc2ccc(F)cc2)c1. The van der Waals surface area contributed by atoms with Crippen LogP contribution in [-0.4, -0.2) is 20.3 Å². The minimum absolute atomic E-state index is 0.000122. The second kappa shape index (κ2) is 8.11. The molecule has 0 spiro atoms. The topological polar surface area (TPSA) is 115 Å². The number of carbonyl (C=O) groups is 2.